The lowest BCUT2D eigenvalue weighted by Gasteiger charge is -2.27. The van der Waals surface area contributed by atoms with Crippen molar-refractivity contribution in [1.82, 2.24) is 0 Å². The van der Waals surface area contributed by atoms with Gasteiger partial charge in [-0.1, -0.05) is 17.7 Å². The molecule has 0 aliphatic heterocycles. The molecule has 3 nitrogen and oxygen atoms in total. The first-order valence-corrected chi connectivity index (χ1v) is 4.40. The zero-order valence-electron chi connectivity index (χ0n) is 6.96. The molecule has 0 aromatic rings. The molecule has 0 saturated carbocycles. The van der Waals surface area contributed by atoms with E-state index in [1.54, 1.807) is 0 Å². The first kappa shape index (κ1) is 12.3. The number of hydrogen-bond acceptors (Lipinski definition) is 2. The average Bonchev–Trinajstić information content (AvgIpc) is 2.00. The van der Waals surface area contributed by atoms with E-state index in [1.165, 1.54) is 0 Å². The summed E-state index contributed by atoms with van der Waals surface area (Å²) in [6, 6.07) is 0. The minimum absolute atomic E-state index is 0.192. The highest BCUT2D eigenvalue weighted by molar-refractivity contribution is 6.33. The van der Waals surface area contributed by atoms with Gasteiger partial charge in [-0.15, -0.1) is 0 Å². The molecule has 2 unspecified atom stereocenters. The maximum Gasteiger partial charge on any atom is 0.403 e. The summed E-state index contributed by atoms with van der Waals surface area (Å²) in [5.74, 6) is -2.39. The Hall–Kier alpha value is -0.750. The van der Waals surface area contributed by atoms with Crippen molar-refractivity contribution in [2.45, 2.75) is 11.2 Å². The molecule has 0 aromatic carbocycles. The molecule has 1 aliphatic rings. The maximum atomic E-state index is 12.4. The first-order chi connectivity index (χ1) is 6.68. The van der Waals surface area contributed by atoms with Gasteiger partial charge in [0.2, 0.25) is 0 Å². The van der Waals surface area contributed by atoms with Crippen molar-refractivity contribution >= 4 is 23.2 Å². The second kappa shape index (κ2) is 3.68. The third-order valence-electron chi connectivity index (χ3n) is 1.86. The van der Waals surface area contributed by atoms with Gasteiger partial charge in [0.15, 0.2) is 5.92 Å². The second-order valence-corrected chi connectivity index (χ2v) is 3.93. The smallest absolute Gasteiger partial charge is 0.262 e. The maximum absolute atomic E-state index is 12.4. The van der Waals surface area contributed by atoms with Crippen molar-refractivity contribution in [3.63, 3.8) is 0 Å². The van der Waals surface area contributed by atoms with E-state index >= 15 is 0 Å². The van der Waals surface area contributed by atoms with Crippen molar-refractivity contribution in [3.05, 3.63) is 33.4 Å². The molecule has 0 aromatic heterocycles. The number of nitro groups is 1. The molecule has 84 valence electrons. The van der Waals surface area contributed by atoms with Gasteiger partial charge in [0, 0.05) is 16.0 Å². The van der Waals surface area contributed by atoms with Crippen LogP contribution in [0, 0.1) is 16.0 Å². The van der Waals surface area contributed by atoms with Gasteiger partial charge in [0.05, 0.1) is 0 Å². The number of hydrogen-bond donors (Lipinski definition) is 0. The molecule has 0 amide bonds. The molecule has 1 rings (SSSR count). The van der Waals surface area contributed by atoms with E-state index in [1.807, 2.05) is 0 Å². The summed E-state index contributed by atoms with van der Waals surface area (Å²) in [6.07, 6.45) is -2.70. The van der Waals surface area contributed by atoms with Crippen molar-refractivity contribution in [3.8, 4) is 0 Å². The van der Waals surface area contributed by atoms with E-state index in [0.29, 0.717) is 12.2 Å². The molecule has 15 heavy (non-hydrogen) atoms. The molecular weight excluding hydrogens is 258 g/mol. The quantitative estimate of drug-likeness (QED) is 0.315. The Morgan fingerprint density at radius 2 is 2.07 bits per heavy atom. The third kappa shape index (κ3) is 2.26. The summed E-state index contributed by atoms with van der Waals surface area (Å²) in [7, 11) is 0. The largest absolute Gasteiger partial charge is 0.403 e. The fraction of sp³-hybridized carbons (Fsp3) is 0.429. The topological polar surface area (TPSA) is 43.1 Å². The van der Waals surface area contributed by atoms with Crippen LogP contribution in [0.1, 0.15) is 0 Å². The van der Waals surface area contributed by atoms with E-state index in [-0.39, 0.29) is 5.03 Å². The van der Waals surface area contributed by atoms with Crippen LogP contribution in [0.3, 0.4) is 0 Å². The monoisotopic (exact) mass is 261 g/mol. The molecule has 0 N–H and O–H groups in total. The highest BCUT2D eigenvalue weighted by Crippen LogP contribution is 2.44. The Kier molecular flexibility index (Phi) is 3.02. The Morgan fingerprint density at radius 1 is 1.53 bits per heavy atom. The predicted octanol–water partition coefficient (Wildman–Crippen LogP) is 3.07. The lowest BCUT2D eigenvalue weighted by molar-refractivity contribution is -0.544. The second-order valence-electron chi connectivity index (χ2n) is 2.89. The van der Waals surface area contributed by atoms with Gasteiger partial charge in [-0.05, 0) is 17.7 Å². The summed E-state index contributed by atoms with van der Waals surface area (Å²) in [4.78, 5) is 6.55. The van der Waals surface area contributed by atoms with Gasteiger partial charge in [0.1, 0.15) is 0 Å². The highest BCUT2D eigenvalue weighted by atomic mass is 35.5. The normalized spacial score (nSPS) is 31.3. The summed E-state index contributed by atoms with van der Waals surface area (Å²) < 4.78 is 37.2. The van der Waals surface area contributed by atoms with Gasteiger partial charge in [-0.25, -0.2) is 0 Å². The van der Waals surface area contributed by atoms with Crippen LogP contribution in [-0.4, -0.2) is 16.1 Å². The lowest BCUT2D eigenvalue weighted by atomic mass is 9.94. The Bertz CT molecular complexity index is 353. The van der Waals surface area contributed by atoms with Gasteiger partial charge in [-0.3, -0.25) is 10.1 Å². The molecule has 0 fully saturated rings. The van der Waals surface area contributed by atoms with E-state index < -0.39 is 22.0 Å². The summed E-state index contributed by atoms with van der Waals surface area (Å²) in [5.41, 5.74) is 0. The third-order valence-corrected chi connectivity index (χ3v) is 2.57. The Balaban J connectivity index is 3.20. The van der Waals surface area contributed by atoms with Crippen LogP contribution in [0.4, 0.5) is 13.2 Å². The van der Waals surface area contributed by atoms with E-state index in [0.717, 1.165) is 6.08 Å². The van der Waals surface area contributed by atoms with Crippen LogP contribution >= 0.6 is 23.2 Å². The molecular formula is C7H4Cl2F3NO2. The molecule has 0 heterocycles. The predicted molar refractivity (Wildman–Crippen MR) is 48.2 cm³/mol. The molecule has 8 heteroatoms. The first-order valence-electron chi connectivity index (χ1n) is 3.64. The van der Waals surface area contributed by atoms with Gasteiger partial charge in [-0.2, -0.15) is 13.2 Å². The Labute approximate surface area is 92.3 Å². The van der Waals surface area contributed by atoms with Crippen LogP contribution < -0.4 is 0 Å². The fourth-order valence-corrected chi connectivity index (χ4v) is 1.77. The number of alkyl halides is 4. The molecule has 0 spiro atoms. The van der Waals surface area contributed by atoms with Crippen LogP contribution in [0.15, 0.2) is 23.3 Å². The zero-order chi connectivity index (χ0) is 11.9. The highest BCUT2D eigenvalue weighted by Gasteiger charge is 2.60. The van der Waals surface area contributed by atoms with Crippen molar-refractivity contribution in [1.29, 1.82) is 0 Å². The van der Waals surface area contributed by atoms with Gasteiger partial charge >= 0.3 is 11.2 Å². The SMILES string of the molecule is O=[N+]([O-])C1(Cl)C=C(Cl)C=CC1C(F)(F)F. The van der Waals surface area contributed by atoms with E-state index in [9.17, 15) is 23.3 Å². The van der Waals surface area contributed by atoms with Crippen LogP contribution in [0.2, 0.25) is 0 Å². The summed E-state index contributed by atoms with van der Waals surface area (Å²) in [6.45, 7) is 0. The van der Waals surface area contributed by atoms with E-state index in [4.69, 9.17) is 23.2 Å². The van der Waals surface area contributed by atoms with Crippen molar-refractivity contribution < 1.29 is 18.1 Å². The standard InChI is InChI=1S/C7H4Cl2F3NO2/c8-4-1-2-5(7(10,11)12)6(9,3-4)13(14)15/h1-3,5H. The number of allylic oxidation sites excluding steroid dienone is 2. The zero-order valence-corrected chi connectivity index (χ0v) is 8.47. The molecule has 0 radical (unpaired) electrons. The van der Waals surface area contributed by atoms with E-state index in [2.05, 4.69) is 0 Å². The van der Waals surface area contributed by atoms with Gasteiger partial charge in [0.25, 0.3) is 0 Å². The van der Waals surface area contributed by atoms with Crippen LogP contribution in [-0.2, 0) is 0 Å². The molecule has 1 aliphatic carbocycles. The number of nitrogens with zero attached hydrogens (tertiary/aromatic N) is 1. The van der Waals surface area contributed by atoms with Crippen LogP contribution in [0.5, 0.6) is 0 Å². The van der Waals surface area contributed by atoms with Crippen LogP contribution in [0.25, 0.3) is 0 Å². The fourth-order valence-electron chi connectivity index (χ4n) is 1.16. The summed E-state index contributed by atoms with van der Waals surface area (Å²) in [5, 5.41) is 10.3. The number of halogens is 5. The van der Waals surface area contributed by atoms with Gasteiger partial charge < -0.3 is 0 Å². The minimum Gasteiger partial charge on any atom is -0.262 e. The average molecular weight is 262 g/mol. The number of rotatable bonds is 1. The summed E-state index contributed by atoms with van der Waals surface area (Å²) >= 11 is 10.7. The van der Waals surface area contributed by atoms with Crippen molar-refractivity contribution in [2.24, 2.45) is 5.92 Å². The molecule has 0 bridgehead atoms. The molecule has 0 saturated heterocycles. The lowest BCUT2D eigenvalue weighted by Crippen LogP contribution is -2.46. The Morgan fingerprint density at radius 3 is 2.47 bits per heavy atom. The van der Waals surface area contributed by atoms with Crippen molar-refractivity contribution in [2.75, 3.05) is 0 Å². The molecule has 2 atom stereocenters. The minimum atomic E-state index is -4.79.